The van der Waals surface area contributed by atoms with Gasteiger partial charge in [-0.05, 0) is 33.8 Å². The number of rotatable bonds is 2. The first-order valence-corrected chi connectivity index (χ1v) is 7.25. The molecule has 0 radical (unpaired) electrons. The van der Waals surface area contributed by atoms with E-state index in [-0.39, 0.29) is 18.3 Å². The molecule has 1 aliphatic heterocycles. The van der Waals surface area contributed by atoms with Crippen molar-refractivity contribution in [2.24, 2.45) is 7.05 Å². The standard InChI is InChI=1S/C16H21BN2O2/c1-15(2)16(3,4)21-17(20-15)14-11-13(18-19(14)5)12-9-7-6-8-10-12/h6-11H,1-5H3. The number of aromatic nitrogens is 2. The van der Waals surface area contributed by atoms with E-state index in [1.54, 1.807) is 0 Å². The minimum atomic E-state index is -0.384. The van der Waals surface area contributed by atoms with Crippen LogP contribution in [0.3, 0.4) is 0 Å². The number of nitrogens with zero attached hydrogens (tertiary/aromatic N) is 2. The first kappa shape index (κ1) is 14.4. The molecule has 21 heavy (non-hydrogen) atoms. The van der Waals surface area contributed by atoms with Gasteiger partial charge in [0.25, 0.3) is 0 Å². The van der Waals surface area contributed by atoms with Gasteiger partial charge in [-0.1, -0.05) is 30.3 Å². The Hall–Kier alpha value is -1.59. The van der Waals surface area contributed by atoms with Crippen molar-refractivity contribution in [2.45, 2.75) is 38.9 Å². The SMILES string of the molecule is Cn1nc(-c2ccccc2)cc1B1OC(C)(C)C(C)(C)O1. The molecule has 3 rings (SSSR count). The Morgan fingerprint density at radius 3 is 2.14 bits per heavy atom. The van der Waals surface area contributed by atoms with Crippen LogP contribution in [0.4, 0.5) is 0 Å². The van der Waals surface area contributed by atoms with Crippen LogP contribution in [0.5, 0.6) is 0 Å². The molecule has 0 unspecified atom stereocenters. The third kappa shape index (κ3) is 2.41. The van der Waals surface area contributed by atoms with Gasteiger partial charge in [0.1, 0.15) is 0 Å². The van der Waals surface area contributed by atoms with Crippen LogP contribution in [-0.2, 0) is 16.4 Å². The van der Waals surface area contributed by atoms with Gasteiger partial charge in [0.05, 0.1) is 22.5 Å². The molecule has 2 heterocycles. The van der Waals surface area contributed by atoms with E-state index in [9.17, 15) is 0 Å². The summed E-state index contributed by atoms with van der Waals surface area (Å²) in [5.74, 6) is 0. The summed E-state index contributed by atoms with van der Waals surface area (Å²) in [4.78, 5) is 0. The lowest BCUT2D eigenvalue weighted by Crippen LogP contribution is -2.41. The maximum atomic E-state index is 6.10. The van der Waals surface area contributed by atoms with E-state index in [4.69, 9.17) is 9.31 Å². The van der Waals surface area contributed by atoms with Crippen molar-refractivity contribution in [1.29, 1.82) is 0 Å². The molecule has 0 atom stereocenters. The van der Waals surface area contributed by atoms with Gasteiger partial charge in [0.15, 0.2) is 0 Å². The van der Waals surface area contributed by atoms with Gasteiger partial charge >= 0.3 is 7.12 Å². The maximum Gasteiger partial charge on any atom is 0.514 e. The molecule has 1 fully saturated rings. The Morgan fingerprint density at radius 2 is 1.57 bits per heavy atom. The highest BCUT2D eigenvalue weighted by Crippen LogP contribution is 2.36. The van der Waals surface area contributed by atoms with Gasteiger partial charge in [-0.15, -0.1) is 0 Å². The predicted octanol–water partition coefficient (Wildman–Crippen LogP) is 2.39. The Balaban J connectivity index is 1.93. The van der Waals surface area contributed by atoms with Crippen LogP contribution in [0.15, 0.2) is 36.4 Å². The fraction of sp³-hybridized carbons (Fsp3) is 0.438. The van der Waals surface area contributed by atoms with Crippen molar-refractivity contribution < 1.29 is 9.31 Å². The summed E-state index contributed by atoms with van der Waals surface area (Å²) in [7, 11) is 1.54. The zero-order chi connectivity index (χ0) is 15.3. The van der Waals surface area contributed by atoms with E-state index >= 15 is 0 Å². The predicted molar refractivity (Wildman–Crippen MR) is 84.4 cm³/mol. The highest BCUT2D eigenvalue weighted by molar-refractivity contribution is 6.61. The fourth-order valence-corrected chi connectivity index (χ4v) is 2.42. The van der Waals surface area contributed by atoms with Gasteiger partial charge in [-0.2, -0.15) is 5.10 Å². The van der Waals surface area contributed by atoms with Crippen LogP contribution in [-0.4, -0.2) is 28.1 Å². The van der Waals surface area contributed by atoms with E-state index in [2.05, 4.69) is 44.9 Å². The minimum Gasteiger partial charge on any atom is -0.398 e. The number of hydrogen-bond donors (Lipinski definition) is 0. The first-order chi connectivity index (χ1) is 9.80. The zero-order valence-electron chi connectivity index (χ0n) is 13.3. The largest absolute Gasteiger partial charge is 0.514 e. The average Bonchev–Trinajstić information content (AvgIpc) is 2.89. The Kier molecular flexibility index (Phi) is 3.22. The van der Waals surface area contributed by atoms with Gasteiger partial charge in [0.2, 0.25) is 0 Å². The Morgan fingerprint density at radius 1 is 1.00 bits per heavy atom. The summed E-state index contributed by atoms with van der Waals surface area (Å²) >= 11 is 0. The van der Waals surface area contributed by atoms with Gasteiger partial charge in [-0.3, -0.25) is 4.68 Å². The molecule has 5 heteroatoms. The first-order valence-electron chi connectivity index (χ1n) is 7.25. The molecule has 0 aliphatic carbocycles. The third-order valence-electron chi connectivity index (χ3n) is 4.48. The Labute approximate surface area is 126 Å². The summed E-state index contributed by atoms with van der Waals surface area (Å²) in [5.41, 5.74) is 2.29. The summed E-state index contributed by atoms with van der Waals surface area (Å²) in [5, 5.41) is 4.58. The molecule has 0 saturated carbocycles. The van der Waals surface area contributed by atoms with Crippen molar-refractivity contribution in [1.82, 2.24) is 9.78 Å². The molecule has 1 saturated heterocycles. The molecule has 110 valence electrons. The fourth-order valence-electron chi connectivity index (χ4n) is 2.42. The highest BCUT2D eigenvalue weighted by Gasteiger charge is 2.52. The topological polar surface area (TPSA) is 36.3 Å². The van der Waals surface area contributed by atoms with Crippen molar-refractivity contribution in [3.63, 3.8) is 0 Å². The van der Waals surface area contributed by atoms with E-state index in [1.807, 2.05) is 36.0 Å². The average molecular weight is 284 g/mol. The number of hydrogen-bond acceptors (Lipinski definition) is 3. The maximum absolute atomic E-state index is 6.10. The molecule has 0 bridgehead atoms. The second kappa shape index (κ2) is 4.72. The molecule has 4 nitrogen and oxygen atoms in total. The lowest BCUT2D eigenvalue weighted by atomic mass is 9.84. The summed E-state index contributed by atoms with van der Waals surface area (Å²) in [6.07, 6.45) is 0. The van der Waals surface area contributed by atoms with Crippen LogP contribution in [0.1, 0.15) is 27.7 Å². The van der Waals surface area contributed by atoms with Crippen LogP contribution < -0.4 is 5.59 Å². The second-order valence-corrected chi connectivity index (χ2v) is 6.53. The van der Waals surface area contributed by atoms with Crippen molar-refractivity contribution in [2.75, 3.05) is 0 Å². The van der Waals surface area contributed by atoms with Crippen LogP contribution >= 0.6 is 0 Å². The third-order valence-corrected chi connectivity index (χ3v) is 4.48. The smallest absolute Gasteiger partial charge is 0.398 e. The van der Waals surface area contributed by atoms with Crippen molar-refractivity contribution in [3.8, 4) is 11.3 Å². The van der Waals surface area contributed by atoms with E-state index < -0.39 is 0 Å². The molecule has 0 amide bonds. The van der Waals surface area contributed by atoms with Crippen LogP contribution in [0, 0.1) is 0 Å². The van der Waals surface area contributed by atoms with Gasteiger partial charge in [0, 0.05) is 12.6 Å². The highest BCUT2D eigenvalue weighted by atomic mass is 16.7. The lowest BCUT2D eigenvalue weighted by molar-refractivity contribution is 0.00578. The van der Waals surface area contributed by atoms with Crippen LogP contribution in [0.25, 0.3) is 11.3 Å². The number of benzene rings is 1. The summed E-state index contributed by atoms with van der Waals surface area (Å²) in [6, 6.07) is 12.2. The molecular weight excluding hydrogens is 263 g/mol. The molecule has 1 aromatic carbocycles. The van der Waals surface area contributed by atoms with Gasteiger partial charge in [-0.25, -0.2) is 0 Å². The van der Waals surface area contributed by atoms with E-state index in [0.29, 0.717) is 0 Å². The second-order valence-electron chi connectivity index (χ2n) is 6.53. The molecule has 1 aliphatic rings. The minimum absolute atomic E-state index is 0.338. The Bertz CT molecular complexity index is 634. The molecule has 2 aromatic rings. The monoisotopic (exact) mass is 284 g/mol. The van der Waals surface area contributed by atoms with E-state index in [0.717, 1.165) is 16.9 Å². The molecule has 0 spiro atoms. The van der Waals surface area contributed by atoms with Crippen LogP contribution in [0.2, 0.25) is 0 Å². The normalized spacial score (nSPS) is 20.0. The lowest BCUT2D eigenvalue weighted by Gasteiger charge is -2.32. The van der Waals surface area contributed by atoms with Gasteiger partial charge < -0.3 is 9.31 Å². The van der Waals surface area contributed by atoms with E-state index in [1.165, 1.54) is 0 Å². The number of aryl methyl sites for hydroxylation is 1. The summed E-state index contributed by atoms with van der Waals surface area (Å²) in [6.45, 7) is 8.23. The molecular formula is C16H21BN2O2. The van der Waals surface area contributed by atoms with Crippen molar-refractivity contribution in [3.05, 3.63) is 36.4 Å². The summed E-state index contributed by atoms with van der Waals surface area (Å²) < 4.78 is 14.0. The molecule has 0 N–H and O–H groups in total. The quantitative estimate of drug-likeness (QED) is 0.794. The zero-order valence-corrected chi connectivity index (χ0v) is 13.3. The molecule has 1 aromatic heterocycles. The van der Waals surface area contributed by atoms with Crippen molar-refractivity contribution >= 4 is 12.7 Å².